The van der Waals surface area contributed by atoms with Crippen LogP contribution in [0, 0.1) is 17.1 Å². The van der Waals surface area contributed by atoms with E-state index in [1.54, 1.807) is 7.05 Å². The van der Waals surface area contributed by atoms with Crippen molar-refractivity contribution in [2.45, 2.75) is 0 Å². The number of carbonyl (C=O) groups is 1. The lowest BCUT2D eigenvalue weighted by Crippen LogP contribution is -2.15. The number of hydrogen-bond donors (Lipinski definition) is 1. The Morgan fingerprint density at radius 3 is 3.00 bits per heavy atom. The van der Waals surface area contributed by atoms with Crippen molar-refractivity contribution in [3.8, 4) is 6.07 Å². The van der Waals surface area contributed by atoms with Crippen LogP contribution in [0.15, 0.2) is 24.4 Å². The van der Waals surface area contributed by atoms with Crippen molar-refractivity contribution in [1.82, 2.24) is 9.78 Å². The van der Waals surface area contributed by atoms with Gasteiger partial charge in [-0.1, -0.05) is 11.6 Å². The fourth-order valence-corrected chi connectivity index (χ4v) is 1.68. The lowest BCUT2D eigenvalue weighted by Gasteiger charge is -2.04. The molecule has 96 valence electrons. The SMILES string of the molecule is Cn1cc(C#N)c(NC(=O)c2cc(Cl)ccc2F)n1. The fraction of sp³-hybridized carbons (Fsp3) is 0.0833. The highest BCUT2D eigenvalue weighted by molar-refractivity contribution is 6.31. The van der Waals surface area contributed by atoms with Gasteiger partial charge in [0.05, 0.1) is 5.56 Å². The van der Waals surface area contributed by atoms with Gasteiger partial charge in [0.25, 0.3) is 5.91 Å². The lowest BCUT2D eigenvalue weighted by atomic mass is 10.2. The molecule has 2 aromatic rings. The highest BCUT2D eigenvalue weighted by Gasteiger charge is 2.16. The smallest absolute Gasteiger partial charge is 0.259 e. The Kier molecular flexibility index (Phi) is 3.49. The average Bonchev–Trinajstić information content (AvgIpc) is 2.72. The molecule has 19 heavy (non-hydrogen) atoms. The molecule has 0 saturated heterocycles. The second kappa shape index (κ2) is 5.08. The van der Waals surface area contributed by atoms with Crippen molar-refractivity contribution in [3.05, 3.63) is 46.4 Å². The second-order valence-electron chi connectivity index (χ2n) is 3.76. The van der Waals surface area contributed by atoms with Crippen LogP contribution in [-0.4, -0.2) is 15.7 Å². The molecule has 0 fully saturated rings. The molecule has 1 heterocycles. The molecule has 0 aliphatic rings. The van der Waals surface area contributed by atoms with Crippen molar-refractivity contribution >= 4 is 23.3 Å². The summed E-state index contributed by atoms with van der Waals surface area (Å²) in [6.45, 7) is 0. The molecule has 1 aromatic heterocycles. The Labute approximate surface area is 113 Å². The number of carbonyl (C=O) groups excluding carboxylic acids is 1. The average molecular weight is 279 g/mol. The van der Waals surface area contributed by atoms with E-state index in [9.17, 15) is 9.18 Å². The van der Waals surface area contributed by atoms with E-state index >= 15 is 0 Å². The molecule has 1 amide bonds. The number of benzene rings is 1. The van der Waals surface area contributed by atoms with E-state index in [1.807, 2.05) is 6.07 Å². The Morgan fingerprint density at radius 2 is 2.32 bits per heavy atom. The Hall–Kier alpha value is -2.39. The summed E-state index contributed by atoms with van der Waals surface area (Å²) < 4.78 is 14.9. The van der Waals surface area contributed by atoms with Crippen LogP contribution in [0.4, 0.5) is 10.2 Å². The van der Waals surface area contributed by atoms with Crippen LogP contribution in [0.1, 0.15) is 15.9 Å². The van der Waals surface area contributed by atoms with E-state index in [0.717, 1.165) is 6.07 Å². The first-order valence-electron chi connectivity index (χ1n) is 5.21. The summed E-state index contributed by atoms with van der Waals surface area (Å²) in [5, 5.41) is 15.4. The molecule has 1 N–H and O–H groups in total. The van der Waals surface area contributed by atoms with Crippen molar-refractivity contribution < 1.29 is 9.18 Å². The fourth-order valence-electron chi connectivity index (χ4n) is 1.51. The second-order valence-corrected chi connectivity index (χ2v) is 4.19. The number of nitrogens with one attached hydrogen (secondary N) is 1. The first-order valence-corrected chi connectivity index (χ1v) is 5.59. The summed E-state index contributed by atoms with van der Waals surface area (Å²) >= 11 is 5.71. The van der Waals surface area contributed by atoms with Crippen LogP contribution in [0.5, 0.6) is 0 Å². The maximum Gasteiger partial charge on any atom is 0.259 e. The lowest BCUT2D eigenvalue weighted by molar-refractivity contribution is 0.102. The minimum Gasteiger partial charge on any atom is -0.304 e. The quantitative estimate of drug-likeness (QED) is 0.916. The van der Waals surface area contributed by atoms with Gasteiger partial charge in [0.1, 0.15) is 17.4 Å². The molecule has 0 atom stereocenters. The van der Waals surface area contributed by atoms with Gasteiger partial charge in [-0.05, 0) is 18.2 Å². The summed E-state index contributed by atoms with van der Waals surface area (Å²) in [5.74, 6) is -1.33. The zero-order valence-electron chi connectivity index (χ0n) is 9.82. The highest BCUT2D eigenvalue weighted by atomic mass is 35.5. The standard InChI is InChI=1S/C12H8ClFN4O/c1-18-6-7(5-15)11(17-18)16-12(19)9-4-8(13)2-3-10(9)14/h2-4,6H,1H3,(H,16,17,19). The van der Waals surface area contributed by atoms with Crippen LogP contribution in [0.25, 0.3) is 0 Å². The highest BCUT2D eigenvalue weighted by Crippen LogP contribution is 2.17. The molecule has 0 aliphatic heterocycles. The molecule has 0 saturated carbocycles. The largest absolute Gasteiger partial charge is 0.304 e. The van der Waals surface area contributed by atoms with Crippen LogP contribution >= 0.6 is 11.6 Å². The Balaban J connectivity index is 2.31. The molecule has 5 nitrogen and oxygen atoms in total. The van der Waals surface area contributed by atoms with E-state index in [1.165, 1.54) is 23.0 Å². The Morgan fingerprint density at radius 1 is 1.58 bits per heavy atom. The molecule has 0 unspecified atom stereocenters. The molecule has 0 spiro atoms. The van der Waals surface area contributed by atoms with Crippen LogP contribution in [0.2, 0.25) is 5.02 Å². The summed E-state index contributed by atoms with van der Waals surface area (Å²) in [7, 11) is 1.61. The van der Waals surface area contributed by atoms with Gasteiger partial charge < -0.3 is 5.32 Å². The number of amides is 1. The minimum atomic E-state index is -0.713. The predicted octanol–water partition coefficient (Wildman–Crippen LogP) is 2.34. The number of halogens is 2. The number of nitrogens with zero attached hydrogens (tertiary/aromatic N) is 3. The van der Waals surface area contributed by atoms with Gasteiger partial charge in [0, 0.05) is 18.3 Å². The van der Waals surface area contributed by atoms with Gasteiger partial charge >= 0.3 is 0 Å². The normalized spacial score (nSPS) is 10.0. The predicted molar refractivity (Wildman–Crippen MR) is 67.3 cm³/mol. The number of aromatic nitrogens is 2. The summed E-state index contributed by atoms with van der Waals surface area (Å²) in [6, 6.07) is 5.53. The van der Waals surface area contributed by atoms with E-state index < -0.39 is 11.7 Å². The molecular formula is C12H8ClFN4O. The number of rotatable bonds is 2. The van der Waals surface area contributed by atoms with E-state index in [-0.39, 0.29) is 22.0 Å². The number of hydrogen-bond acceptors (Lipinski definition) is 3. The van der Waals surface area contributed by atoms with Gasteiger partial charge in [0.2, 0.25) is 0 Å². The molecular weight excluding hydrogens is 271 g/mol. The third kappa shape index (κ3) is 2.72. The minimum absolute atomic E-state index is 0.0781. The van der Waals surface area contributed by atoms with E-state index in [0.29, 0.717) is 0 Å². The summed E-state index contributed by atoms with van der Waals surface area (Å²) in [4.78, 5) is 11.9. The third-order valence-corrected chi connectivity index (χ3v) is 2.59. The zero-order chi connectivity index (χ0) is 14.0. The molecule has 7 heteroatoms. The van der Waals surface area contributed by atoms with Gasteiger partial charge in [0.15, 0.2) is 5.82 Å². The zero-order valence-corrected chi connectivity index (χ0v) is 10.6. The molecule has 0 radical (unpaired) electrons. The number of anilines is 1. The van der Waals surface area contributed by atoms with Crippen molar-refractivity contribution in [1.29, 1.82) is 5.26 Å². The number of aryl methyl sites for hydroxylation is 1. The van der Waals surface area contributed by atoms with Gasteiger partial charge in [-0.25, -0.2) is 4.39 Å². The van der Waals surface area contributed by atoms with Crippen molar-refractivity contribution in [2.75, 3.05) is 5.32 Å². The topological polar surface area (TPSA) is 70.7 Å². The first-order chi connectivity index (χ1) is 9.01. The third-order valence-electron chi connectivity index (χ3n) is 2.35. The van der Waals surface area contributed by atoms with Gasteiger partial charge in [-0.2, -0.15) is 10.4 Å². The van der Waals surface area contributed by atoms with Crippen LogP contribution in [-0.2, 0) is 7.05 Å². The molecule has 0 aliphatic carbocycles. The first kappa shape index (κ1) is 13.1. The number of nitriles is 1. The monoisotopic (exact) mass is 278 g/mol. The maximum absolute atomic E-state index is 13.5. The van der Waals surface area contributed by atoms with Crippen molar-refractivity contribution in [3.63, 3.8) is 0 Å². The molecule has 2 rings (SSSR count). The summed E-state index contributed by atoms with van der Waals surface area (Å²) in [5.41, 5.74) is -0.0136. The van der Waals surface area contributed by atoms with E-state index in [4.69, 9.17) is 16.9 Å². The molecule has 1 aromatic carbocycles. The Bertz CT molecular complexity index is 690. The van der Waals surface area contributed by atoms with Crippen molar-refractivity contribution in [2.24, 2.45) is 7.05 Å². The summed E-state index contributed by atoms with van der Waals surface area (Å²) in [6.07, 6.45) is 1.45. The van der Waals surface area contributed by atoms with Crippen LogP contribution in [0.3, 0.4) is 0 Å². The van der Waals surface area contributed by atoms with E-state index in [2.05, 4.69) is 10.4 Å². The molecule has 0 bridgehead atoms. The van der Waals surface area contributed by atoms with Gasteiger partial charge in [-0.15, -0.1) is 0 Å². The maximum atomic E-state index is 13.5. The van der Waals surface area contributed by atoms with Crippen LogP contribution < -0.4 is 5.32 Å². The van der Waals surface area contributed by atoms with Gasteiger partial charge in [-0.3, -0.25) is 9.48 Å².